The highest BCUT2D eigenvalue weighted by atomic mass is 35.5. The van der Waals surface area contributed by atoms with Crippen molar-refractivity contribution in [1.29, 1.82) is 0 Å². The van der Waals surface area contributed by atoms with E-state index in [1.165, 1.54) is 0 Å². The molecule has 0 aliphatic carbocycles. The molecule has 0 N–H and O–H groups in total. The minimum absolute atomic E-state index is 0.0106. The second kappa shape index (κ2) is 6.54. The zero-order valence-electron chi connectivity index (χ0n) is 9.70. The zero-order chi connectivity index (χ0) is 12.0. The van der Waals surface area contributed by atoms with Gasteiger partial charge >= 0.3 is 5.97 Å². The molecule has 1 aromatic carbocycles. The molecule has 88 valence electrons. The SMILES string of the molecule is CCCC(CC)OC(=O)c1cccc(Cl)c1. The predicted molar refractivity (Wildman–Crippen MR) is 65.9 cm³/mol. The Bertz CT molecular complexity index is 350. The lowest BCUT2D eigenvalue weighted by atomic mass is 10.1. The van der Waals surface area contributed by atoms with Gasteiger partial charge in [0.25, 0.3) is 0 Å². The van der Waals surface area contributed by atoms with Gasteiger partial charge in [-0.25, -0.2) is 4.79 Å². The molecule has 0 radical (unpaired) electrons. The van der Waals surface area contributed by atoms with Gasteiger partial charge in [-0.3, -0.25) is 0 Å². The van der Waals surface area contributed by atoms with E-state index in [2.05, 4.69) is 6.92 Å². The molecule has 0 saturated heterocycles. The molecule has 1 aromatic rings. The van der Waals surface area contributed by atoms with E-state index in [9.17, 15) is 4.79 Å². The number of halogens is 1. The highest BCUT2D eigenvalue weighted by molar-refractivity contribution is 6.30. The van der Waals surface area contributed by atoms with Crippen LogP contribution >= 0.6 is 11.6 Å². The first-order valence-electron chi connectivity index (χ1n) is 5.64. The van der Waals surface area contributed by atoms with Gasteiger partial charge in [0.1, 0.15) is 6.10 Å². The van der Waals surface area contributed by atoms with Crippen LogP contribution < -0.4 is 0 Å². The first kappa shape index (κ1) is 13.0. The Labute approximate surface area is 102 Å². The summed E-state index contributed by atoms with van der Waals surface area (Å²) in [5.74, 6) is -0.289. The maximum Gasteiger partial charge on any atom is 0.338 e. The Balaban J connectivity index is 2.64. The third-order valence-corrected chi connectivity index (χ3v) is 2.64. The second-order valence-electron chi connectivity index (χ2n) is 3.73. The summed E-state index contributed by atoms with van der Waals surface area (Å²) in [6.45, 7) is 4.10. The number of rotatable bonds is 5. The fraction of sp³-hybridized carbons (Fsp3) is 0.462. The van der Waals surface area contributed by atoms with Crippen LogP contribution in [0.3, 0.4) is 0 Å². The van der Waals surface area contributed by atoms with E-state index in [4.69, 9.17) is 16.3 Å². The highest BCUT2D eigenvalue weighted by Crippen LogP contribution is 2.14. The van der Waals surface area contributed by atoms with E-state index >= 15 is 0 Å². The number of ether oxygens (including phenoxy) is 1. The molecule has 0 spiro atoms. The van der Waals surface area contributed by atoms with Crippen LogP contribution in [0.4, 0.5) is 0 Å². The van der Waals surface area contributed by atoms with Gasteiger partial charge in [0, 0.05) is 5.02 Å². The van der Waals surface area contributed by atoms with E-state index < -0.39 is 0 Å². The maximum atomic E-state index is 11.8. The Morgan fingerprint density at radius 3 is 2.75 bits per heavy atom. The molecule has 0 amide bonds. The third kappa shape index (κ3) is 3.86. The number of benzene rings is 1. The molecule has 0 fully saturated rings. The second-order valence-corrected chi connectivity index (χ2v) is 4.17. The van der Waals surface area contributed by atoms with Gasteiger partial charge < -0.3 is 4.74 Å². The van der Waals surface area contributed by atoms with E-state index in [-0.39, 0.29) is 12.1 Å². The lowest BCUT2D eigenvalue weighted by Crippen LogP contribution is -2.17. The molecule has 1 unspecified atom stereocenters. The molecule has 0 bridgehead atoms. The van der Waals surface area contributed by atoms with Gasteiger partial charge in [0.15, 0.2) is 0 Å². The van der Waals surface area contributed by atoms with E-state index in [1.807, 2.05) is 6.92 Å². The average molecular weight is 241 g/mol. The summed E-state index contributed by atoms with van der Waals surface area (Å²) >= 11 is 5.81. The Morgan fingerprint density at radius 1 is 1.44 bits per heavy atom. The van der Waals surface area contributed by atoms with Crippen molar-refractivity contribution in [2.24, 2.45) is 0 Å². The van der Waals surface area contributed by atoms with E-state index in [0.29, 0.717) is 10.6 Å². The molecule has 16 heavy (non-hydrogen) atoms. The van der Waals surface area contributed by atoms with Crippen LogP contribution in [0, 0.1) is 0 Å². The van der Waals surface area contributed by atoms with Crippen molar-refractivity contribution in [2.45, 2.75) is 39.2 Å². The number of carbonyl (C=O) groups excluding carboxylic acids is 1. The minimum atomic E-state index is -0.289. The number of hydrogen-bond acceptors (Lipinski definition) is 2. The Hall–Kier alpha value is -1.02. The topological polar surface area (TPSA) is 26.3 Å². The van der Waals surface area contributed by atoms with Gasteiger partial charge in [-0.15, -0.1) is 0 Å². The van der Waals surface area contributed by atoms with Crippen molar-refractivity contribution >= 4 is 17.6 Å². The van der Waals surface area contributed by atoms with Crippen LogP contribution in [0.1, 0.15) is 43.5 Å². The first-order chi connectivity index (χ1) is 7.67. The Kier molecular flexibility index (Phi) is 5.33. The Morgan fingerprint density at radius 2 is 2.19 bits per heavy atom. The summed E-state index contributed by atoms with van der Waals surface area (Å²) in [5.41, 5.74) is 0.516. The van der Waals surface area contributed by atoms with Crippen LogP contribution in [-0.2, 0) is 4.74 Å². The standard InChI is InChI=1S/C13H17ClO2/c1-3-6-12(4-2)16-13(15)10-7-5-8-11(14)9-10/h5,7-9,12H,3-4,6H2,1-2H3. The lowest BCUT2D eigenvalue weighted by Gasteiger charge is -2.15. The summed E-state index contributed by atoms with van der Waals surface area (Å²) in [4.78, 5) is 11.8. The molecule has 0 saturated carbocycles. The molecule has 0 aromatic heterocycles. The largest absolute Gasteiger partial charge is 0.459 e. The third-order valence-electron chi connectivity index (χ3n) is 2.40. The van der Waals surface area contributed by atoms with Gasteiger partial charge in [-0.2, -0.15) is 0 Å². The summed E-state index contributed by atoms with van der Waals surface area (Å²) < 4.78 is 5.38. The molecule has 0 aliphatic rings. The van der Waals surface area contributed by atoms with Gasteiger partial charge in [0.05, 0.1) is 5.56 Å². The van der Waals surface area contributed by atoms with Crippen molar-refractivity contribution in [1.82, 2.24) is 0 Å². The monoisotopic (exact) mass is 240 g/mol. The molecule has 3 heteroatoms. The zero-order valence-corrected chi connectivity index (χ0v) is 10.5. The molecule has 1 rings (SSSR count). The highest BCUT2D eigenvalue weighted by Gasteiger charge is 2.13. The van der Waals surface area contributed by atoms with Gasteiger partial charge in [-0.05, 0) is 31.0 Å². The molecule has 0 aliphatic heterocycles. The van der Waals surface area contributed by atoms with Crippen molar-refractivity contribution in [3.63, 3.8) is 0 Å². The number of esters is 1. The van der Waals surface area contributed by atoms with Crippen LogP contribution in [0.15, 0.2) is 24.3 Å². The smallest absolute Gasteiger partial charge is 0.338 e. The van der Waals surface area contributed by atoms with Crippen molar-refractivity contribution in [2.75, 3.05) is 0 Å². The first-order valence-corrected chi connectivity index (χ1v) is 6.01. The van der Waals surface area contributed by atoms with Crippen molar-refractivity contribution < 1.29 is 9.53 Å². The summed E-state index contributed by atoms with van der Waals surface area (Å²) in [5, 5.41) is 0.554. The molecule has 1 atom stereocenters. The number of carbonyl (C=O) groups is 1. The van der Waals surface area contributed by atoms with E-state index in [1.54, 1.807) is 24.3 Å². The van der Waals surface area contributed by atoms with Gasteiger partial charge in [-0.1, -0.05) is 37.9 Å². The fourth-order valence-electron chi connectivity index (χ4n) is 1.50. The summed E-state index contributed by atoms with van der Waals surface area (Å²) in [6, 6.07) is 6.83. The molecular weight excluding hydrogens is 224 g/mol. The van der Waals surface area contributed by atoms with Gasteiger partial charge in [0.2, 0.25) is 0 Å². The normalized spacial score (nSPS) is 12.2. The quantitative estimate of drug-likeness (QED) is 0.725. The van der Waals surface area contributed by atoms with Crippen LogP contribution in [0.2, 0.25) is 5.02 Å². The average Bonchev–Trinajstić information content (AvgIpc) is 2.28. The summed E-state index contributed by atoms with van der Waals surface area (Å²) in [7, 11) is 0. The molecule has 0 heterocycles. The van der Waals surface area contributed by atoms with Crippen molar-refractivity contribution in [3.8, 4) is 0 Å². The molecular formula is C13H17ClO2. The van der Waals surface area contributed by atoms with Crippen LogP contribution in [0.25, 0.3) is 0 Å². The lowest BCUT2D eigenvalue weighted by molar-refractivity contribution is 0.0271. The van der Waals surface area contributed by atoms with Crippen LogP contribution in [-0.4, -0.2) is 12.1 Å². The molecule has 2 nitrogen and oxygen atoms in total. The minimum Gasteiger partial charge on any atom is -0.459 e. The van der Waals surface area contributed by atoms with Crippen molar-refractivity contribution in [3.05, 3.63) is 34.9 Å². The predicted octanol–water partition coefficient (Wildman–Crippen LogP) is 4.08. The summed E-state index contributed by atoms with van der Waals surface area (Å²) in [6.07, 6.45) is 2.78. The maximum absolute atomic E-state index is 11.8. The van der Waals surface area contributed by atoms with E-state index in [0.717, 1.165) is 19.3 Å². The van der Waals surface area contributed by atoms with Crippen LogP contribution in [0.5, 0.6) is 0 Å². The fourth-order valence-corrected chi connectivity index (χ4v) is 1.69. The number of hydrogen-bond donors (Lipinski definition) is 0.